The Kier molecular flexibility index (Phi) is 8.29. The van der Waals surface area contributed by atoms with Crippen molar-refractivity contribution in [3.05, 3.63) is 65.7 Å². The maximum absolute atomic E-state index is 12.5. The van der Waals surface area contributed by atoms with E-state index in [-0.39, 0.29) is 11.8 Å². The van der Waals surface area contributed by atoms with Gasteiger partial charge in [0.1, 0.15) is 11.0 Å². The molecule has 7 heteroatoms. The molecule has 1 heterocycles. The van der Waals surface area contributed by atoms with Crippen LogP contribution in [-0.4, -0.2) is 28.1 Å². The molecule has 3 rings (SSSR count). The zero-order valence-electron chi connectivity index (χ0n) is 17.9. The zero-order chi connectivity index (χ0) is 22.1. The van der Waals surface area contributed by atoms with Gasteiger partial charge in [0.15, 0.2) is 0 Å². The minimum atomic E-state index is -0.703. The summed E-state index contributed by atoms with van der Waals surface area (Å²) in [6.45, 7) is 3.85. The molecule has 1 aromatic heterocycles. The predicted molar refractivity (Wildman–Crippen MR) is 125 cm³/mol. The van der Waals surface area contributed by atoms with Crippen molar-refractivity contribution in [2.24, 2.45) is 0 Å². The third-order valence-corrected chi connectivity index (χ3v) is 5.84. The number of hydrogen-bond acceptors (Lipinski definition) is 5. The van der Waals surface area contributed by atoms with Crippen LogP contribution in [0.4, 0.5) is 5.13 Å². The summed E-state index contributed by atoms with van der Waals surface area (Å²) in [6, 6.07) is 16.5. The highest BCUT2D eigenvalue weighted by Gasteiger charge is 2.18. The molecule has 3 aromatic rings. The minimum absolute atomic E-state index is 0.276. The molecule has 0 aliphatic heterocycles. The fourth-order valence-electron chi connectivity index (χ4n) is 3.11. The van der Waals surface area contributed by atoms with Crippen molar-refractivity contribution in [3.63, 3.8) is 0 Å². The minimum Gasteiger partial charge on any atom is -0.341 e. The summed E-state index contributed by atoms with van der Waals surface area (Å²) in [6.07, 6.45) is 5.89. The van der Waals surface area contributed by atoms with Gasteiger partial charge in [0.05, 0.1) is 0 Å². The van der Waals surface area contributed by atoms with Gasteiger partial charge in [-0.2, -0.15) is 0 Å². The van der Waals surface area contributed by atoms with E-state index in [4.69, 9.17) is 0 Å². The molecule has 2 N–H and O–H groups in total. The van der Waals surface area contributed by atoms with Gasteiger partial charge in [0.2, 0.25) is 11.0 Å². The van der Waals surface area contributed by atoms with Crippen molar-refractivity contribution in [1.82, 2.24) is 15.5 Å². The first-order valence-corrected chi connectivity index (χ1v) is 11.5. The van der Waals surface area contributed by atoms with E-state index < -0.39 is 6.04 Å². The van der Waals surface area contributed by atoms with Gasteiger partial charge < -0.3 is 5.32 Å². The van der Waals surface area contributed by atoms with E-state index in [1.807, 2.05) is 54.6 Å². The number of benzene rings is 2. The Balaban J connectivity index is 1.50. The first-order chi connectivity index (χ1) is 15.1. The highest BCUT2D eigenvalue weighted by Crippen LogP contribution is 2.25. The van der Waals surface area contributed by atoms with Crippen LogP contribution in [0.3, 0.4) is 0 Å². The van der Waals surface area contributed by atoms with Crippen LogP contribution in [0.5, 0.6) is 0 Å². The zero-order valence-corrected chi connectivity index (χ0v) is 18.7. The van der Waals surface area contributed by atoms with Gasteiger partial charge in [-0.3, -0.25) is 14.9 Å². The molecule has 0 unspecified atom stereocenters. The molecule has 31 heavy (non-hydrogen) atoms. The maximum Gasteiger partial charge on any atom is 0.251 e. The van der Waals surface area contributed by atoms with E-state index >= 15 is 0 Å². The maximum atomic E-state index is 12.5. The molecule has 1 atom stereocenters. The lowest BCUT2D eigenvalue weighted by molar-refractivity contribution is -0.117. The summed E-state index contributed by atoms with van der Waals surface area (Å²) in [5.41, 5.74) is 2.71. The van der Waals surface area contributed by atoms with Gasteiger partial charge >= 0.3 is 0 Å². The average Bonchev–Trinajstić information content (AvgIpc) is 3.26. The van der Waals surface area contributed by atoms with Gasteiger partial charge in [-0.05, 0) is 37.5 Å². The van der Waals surface area contributed by atoms with Crippen LogP contribution in [-0.2, 0) is 11.2 Å². The first-order valence-electron chi connectivity index (χ1n) is 10.7. The van der Waals surface area contributed by atoms with Crippen LogP contribution in [0, 0.1) is 0 Å². The fraction of sp³-hybridized carbons (Fsp3) is 0.333. The normalized spacial score (nSPS) is 11.7. The molecule has 0 saturated carbocycles. The number of nitrogens with zero attached hydrogens (tertiary/aromatic N) is 2. The number of unbranched alkanes of at least 4 members (excludes halogenated alkanes) is 3. The van der Waals surface area contributed by atoms with Crippen LogP contribution in [0.25, 0.3) is 10.6 Å². The molecule has 0 aliphatic rings. The van der Waals surface area contributed by atoms with Crippen molar-refractivity contribution < 1.29 is 9.59 Å². The van der Waals surface area contributed by atoms with Gasteiger partial charge in [0, 0.05) is 11.1 Å². The molecule has 6 nitrogen and oxygen atoms in total. The second kappa shape index (κ2) is 11.4. The Morgan fingerprint density at radius 2 is 1.71 bits per heavy atom. The third kappa shape index (κ3) is 6.72. The molecule has 0 aliphatic carbocycles. The van der Waals surface area contributed by atoms with E-state index in [2.05, 4.69) is 27.8 Å². The van der Waals surface area contributed by atoms with Gasteiger partial charge in [0.25, 0.3) is 5.91 Å². The van der Waals surface area contributed by atoms with Gasteiger partial charge in [-0.25, -0.2) is 0 Å². The van der Waals surface area contributed by atoms with Crippen molar-refractivity contribution in [3.8, 4) is 10.6 Å². The molecule has 0 saturated heterocycles. The van der Waals surface area contributed by atoms with E-state index in [1.165, 1.54) is 36.2 Å². The van der Waals surface area contributed by atoms with E-state index in [0.717, 1.165) is 23.4 Å². The monoisotopic (exact) mass is 436 g/mol. The number of hydrogen-bond donors (Lipinski definition) is 2. The quantitative estimate of drug-likeness (QED) is 0.434. The van der Waals surface area contributed by atoms with Crippen LogP contribution in [0.2, 0.25) is 0 Å². The number of nitrogens with one attached hydrogen (secondary N) is 2. The SMILES string of the molecule is CCCCCCc1ccc(C(=O)N[C@H](C)C(=O)Nc2nnc(-c3ccccc3)s2)cc1. The highest BCUT2D eigenvalue weighted by molar-refractivity contribution is 7.18. The summed E-state index contributed by atoms with van der Waals surface area (Å²) < 4.78 is 0. The fourth-order valence-corrected chi connectivity index (χ4v) is 3.86. The number of aryl methyl sites for hydroxylation is 1. The van der Waals surface area contributed by atoms with Crippen LogP contribution < -0.4 is 10.6 Å². The molecular weight excluding hydrogens is 408 g/mol. The lowest BCUT2D eigenvalue weighted by Crippen LogP contribution is -2.41. The van der Waals surface area contributed by atoms with Crippen molar-refractivity contribution in [2.75, 3.05) is 5.32 Å². The largest absolute Gasteiger partial charge is 0.341 e. The lowest BCUT2D eigenvalue weighted by atomic mass is 10.0. The standard InChI is InChI=1S/C24H28N4O2S/c1-3-4-5-7-10-18-13-15-19(16-14-18)22(30)25-17(2)21(29)26-24-28-27-23(31-24)20-11-8-6-9-12-20/h6,8-9,11-17H,3-5,7,10H2,1-2H3,(H,25,30)(H,26,28,29)/t17-/m1/s1. The smallest absolute Gasteiger partial charge is 0.251 e. The first kappa shape index (κ1) is 22.6. The number of rotatable bonds is 10. The second-order valence-electron chi connectivity index (χ2n) is 7.47. The van der Waals surface area contributed by atoms with Crippen LogP contribution in [0.1, 0.15) is 55.5 Å². The lowest BCUT2D eigenvalue weighted by Gasteiger charge is -2.13. The number of anilines is 1. The summed E-state index contributed by atoms with van der Waals surface area (Å²) in [7, 11) is 0. The van der Waals surface area contributed by atoms with Gasteiger partial charge in [-0.1, -0.05) is 80.0 Å². The molecule has 162 valence electrons. The topological polar surface area (TPSA) is 84.0 Å². The Morgan fingerprint density at radius 1 is 0.968 bits per heavy atom. The van der Waals surface area contributed by atoms with Crippen molar-refractivity contribution in [2.45, 2.75) is 52.0 Å². The Bertz CT molecular complexity index is 986. The van der Waals surface area contributed by atoms with Crippen LogP contribution >= 0.6 is 11.3 Å². The average molecular weight is 437 g/mol. The van der Waals surface area contributed by atoms with E-state index in [9.17, 15) is 9.59 Å². The van der Waals surface area contributed by atoms with Crippen LogP contribution in [0.15, 0.2) is 54.6 Å². The number of carbonyl (C=O) groups excluding carboxylic acids is 2. The molecule has 0 radical (unpaired) electrons. The summed E-state index contributed by atoms with van der Waals surface area (Å²) in [5.74, 6) is -0.612. The highest BCUT2D eigenvalue weighted by atomic mass is 32.1. The Labute approximate surface area is 187 Å². The van der Waals surface area contributed by atoms with Crippen molar-refractivity contribution >= 4 is 28.3 Å². The summed E-state index contributed by atoms with van der Waals surface area (Å²) in [5, 5.41) is 14.7. The molecule has 2 aromatic carbocycles. The molecule has 0 bridgehead atoms. The molecular formula is C24H28N4O2S. The molecule has 2 amide bonds. The summed E-state index contributed by atoms with van der Waals surface area (Å²) >= 11 is 1.29. The summed E-state index contributed by atoms with van der Waals surface area (Å²) in [4.78, 5) is 25.0. The van der Waals surface area contributed by atoms with Gasteiger partial charge in [-0.15, -0.1) is 10.2 Å². The van der Waals surface area contributed by atoms with Crippen molar-refractivity contribution in [1.29, 1.82) is 0 Å². The number of amides is 2. The third-order valence-electron chi connectivity index (χ3n) is 4.95. The molecule has 0 fully saturated rings. The second-order valence-corrected chi connectivity index (χ2v) is 8.45. The number of carbonyl (C=O) groups is 2. The Hall–Kier alpha value is -3.06. The number of aromatic nitrogens is 2. The van der Waals surface area contributed by atoms with E-state index in [1.54, 1.807) is 6.92 Å². The predicted octanol–water partition coefficient (Wildman–Crippen LogP) is 5.08. The van der Waals surface area contributed by atoms with E-state index in [0.29, 0.717) is 10.7 Å². The molecule has 0 spiro atoms. The Morgan fingerprint density at radius 3 is 2.42 bits per heavy atom.